The number of fused-ring (bicyclic) bond motifs is 1. The maximum atomic E-state index is 4.91. The van der Waals surface area contributed by atoms with Crippen LogP contribution in [0, 0.1) is 6.92 Å². The van der Waals surface area contributed by atoms with Crippen LogP contribution in [0.3, 0.4) is 0 Å². The second-order valence-electron chi connectivity index (χ2n) is 8.02. The van der Waals surface area contributed by atoms with E-state index in [-0.39, 0.29) is 0 Å². The predicted molar refractivity (Wildman–Crippen MR) is 125 cm³/mol. The van der Waals surface area contributed by atoms with E-state index in [0.29, 0.717) is 0 Å². The number of hydrogen-bond donors (Lipinski definition) is 0. The molecule has 1 aliphatic rings. The van der Waals surface area contributed by atoms with Crippen molar-refractivity contribution in [3.63, 3.8) is 0 Å². The largest absolute Gasteiger partial charge is 0.300 e. The highest BCUT2D eigenvalue weighted by atomic mass is 32.1. The molecule has 1 saturated heterocycles. The van der Waals surface area contributed by atoms with Crippen LogP contribution in [0.4, 0.5) is 0 Å². The van der Waals surface area contributed by atoms with Gasteiger partial charge in [0.25, 0.3) is 0 Å². The molecular weight excluding hydrogens is 394 g/mol. The van der Waals surface area contributed by atoms with Crippen LogP contribution in [-0.4, -0.2) is 34.0 Å². The quantitative estimate of drug-likeness (QED) is 0.374. The maximum absolute atomic E-state index is 4.91. The van der Waals surface area contributed by atoms with Crippen LogP contribution in [0.5, 0.6) is 0 Å². The summed E-state index contributed by atoms with van der Waals surface area (Å²) in [7, 11) is 0. The standard InChI is InChI=1S/C24H25N3S2/c1-16-12-22(28-15-16)24-25-14-23(29-24)21-8-6-19-13-18(5-7-20(19)26-21)9-11-27-10-3-4-17(27)2/h5-8,12-15,17H,3-4,9-11H2,1-2H3/t17-/m1/s1. The first kappa shape index (κ1) is 18.9. The number of rotatable bonds is 5. The number of nitrogens with zero attached hydrogens (tertiary/aromatic N) is 3. The molecule has 0 bridgehead atoms. The molecule has 1 fully saturated rings. The molecule has 5 rings (SSSR count). The molecule has 29 heavy (non-hydrogen) atoms. The van der Waals surface area contributed by atoms with Gasteiger partial charge >= 0.3 is 0 Å². The van der Waals surface area contributed by atoms with Crippen LogP contribution in [0.25, 0.3) is 31.4 Å². The monoisotopic (exact) mass is 419 g/mol. The molecule has 0 spiro atoms. The fourth-order valence-electron chi connectivity index (χ4n) is 4.12. The van der Waals surface area contributed by atoms with E-state index in [4.69, 9.17) is 4.98 Å². The highest BCUT2D eigenvalue weighted by Gasteiger charge is 2.19. The van der Waals surface area contributed by atoms with Crippen molar-refractivity contribution in [2.24, 2.45) is 0 Å². The highest BCUT2D eigenvalue weighted by molar-refractivity contribution is 7.22. The summed E-state index contributed by atoms with van der Waals surface area (Å²) in [5.41, 5.74) is 4.76. The van der Waals surface area contributed by atoms with E-state index in [0.717, 1.165) is 40.1 Å². The van der Waals surface area contributed by atoms with Crippen molar-refractivity contribution >= 4 is 33.6 Å². The van der Waals surface area contributed by atoms with Crippen LogP contribution in [0.1, 0.15) is 30.9 Å². The number of aromatic nitrogens is 2. The molecule has 3 nitrogen and oxygen atoms in total. The smallest absolute Gasteiger partial charge is 0.133 e. The van der Waals surface area contributed by atoms with Crippen molar-refractivity contribution in [2.75, 3.05) is 13.1 Å². The fourth-order valence-corrected chi connectivity index (χ4v) is 5.97. The zero-order valence-corrected chi connectivity index (χ0v) is 18.5. The van der Waals surface area contributed by atoms with Crippen molar-refractivity contribution in [3.05, 3.63) is 59.1 Å². The second-order valence-corrected chi connectivity index (χ2v) is 9.96. The first-order valence-electron chi connectivity index (χ1n) is 10.3. The molecule has 148 valence electrons. The lowest BCUT2D eigenvalue weighted by atomic mass is 10.1. The van der Waals surface area contributed by atoms with Crippen molar-refractivity contribution in [2.45, 2.75) is 39.2 Å². The molecule has 0 N–H and O–H groups in total. The lowest BCUT2D eigenvalue weighted by Gasteiger charge is -2.20. The molecule has 4 aromatic rings. The zero-order chi connectivity index (χ0) is 19.8. The number of aryl methyl sites for hydroxylation is 1. The van der Waals surface area contributed by atoms with E-state index in [1.807, 2.05) is 6.20 Å². The van der Waals surface area contributed by atoms with Crippen LogP contribution in [0.2, 0.25) is 0 Å². The first-order valence-corrected chi connectivity index (χ1v) is 12.0. The second kappa shape index (κ2) is 7.98. The number of pyridine rings is 1. The molecule has 5 heteroatoms. The summed E-state index contributed by atoms with van der Waals surface area (Å²) in [6, 6.07) is 14.0. The Morgan fingerprint density at radius 2 is 2.07 bits per heavy atom. The van der Waals surface area contributed by atoms with Gasteiger partial charge in [0.1, 0.15) is 5.01 Å². The minimum atomic E-state index is 0.738. The average Bonchev–Trinajstić information content (AvgIpc) is 3.47. The van der Waals surface area contributed by atoms with Gasteiger partial charge in [0.15, 0.2) is 0 Å². The first-order chi connectivity index (χ1) is 14.2. The minimum Gasteiger partial charge on any atom is -0.300 e. The van der Waals surface area contributed by atoms with E-state index >= 15 is 0 Å². The summed E-state index contributed by atoms with van der Waals surface area (Å²) >= 11 is 3.47. The SMILES string of the molecule is Cc1csc(-c2ncc(-c3ccc4cc(CCN5CCC[C@H]5C)ccc4n3)s2)c1. The molecule has 1 aromatic carbocycles. The number of hydrogen-bond acceptors (Lipinski definition) is 5. The van der Waals surface area contributed by atoms with Gasteiger partial charge in [-0.3, -0.25) is 0 Å². The summed E-state index contributed by atoms with van der Waals surface area (Å²) in [5, 5.41) is 4.47. The third-order valence-corrected chi connectivity index (χ3v) is 8.07. The molecule has 0 radical (unpaired) electrons. The molecule has 4 heterocycles. The lowest BCUT2D eigenvalue weighted by Crippen LogP contribution is -2.28. The molecule has 0 unspecified atom stereocenters. The van der Waals surface area contributed by atoms with Crippen LogP contribution >= 0.6 is 22.7 Å². The van der Waals surface area contributed by atoms with Gasteiger partial charge in [-0.15, -0.1) is 22.7 Å². The Bertz CT molecular complexity index is 1140. The van der Waals surface area contributed by atoms with E-state index in [2.05, 4.69) is 65.5 Å². The Morgan fingerprint density at radius 1 is 1.14 bits per heavy atom. The number of thiophene rings is 1. The summed E-state index contributed by atoms with van der Waals surface area (Å²) in [6.07, 6.45) is 5.75. The van der Waals surface area contributed by atoms with Crippen molar-refractivity contribution in [1.82, 2.24) is 14.9 Å². The molecule has 0 saturated carbocycles. The molecule has 0 amide bonds. The van der Waals surface area contributed by atoms with Gasteiger partial charge in [-0.1, -0.05) is 12.1 Å². The Balaban J connectivity index is 1.35. The Morgan fingerprint density at radius 3 is 2.86 bits per heavy atom. The van der Waals surface area contributed by atoms with Crippen LogP contribution in [-0.2, 0) is 6.42 Å². The topological polar surface area (TPSA) is 29.0 Å². The molecule has 1 atom stereocenters. The van der Waals surface area contributed by atoms with Gasteiger partial charge in [-0.05, 0) is 80.4 Å². The van der Waals surface area contributed by atoms with Gasteiger partial charge in [0.05, 0.1) is 21.0 Å². The van der Waals surface area contributed by atoms with Crippen molar-refractivity contribution in [3.8, 4) is 20.5 Å². The van der Waals surface area contributed by atoms with Gasteiger partial charge < -0.3 is 4.90 Å². The zero-order valence-electron chi connectivity index (χ0n) is 16.9. The molecule has 1 aliphatic heterocycles. The Kier molecular flexibility index (Phi) is 5.20. The third-order valence-electron chi connectivity index (χ3n) is 5.83. The van der Waals surface area contributed by atoms with E-state index < -0.39 is 0 Å². The summed E-state index contributed by atoms with van der Waals surface area (Å²) < 4.78 is 0. The Labute approximate surface area is 180 Å². The third kappa shape index (κ3) is 4.00. The van der Waals surface area contributed by atoms with E-state index in [1.165, 1.54) is 40.8 Å². The fraction of sp³-hybridized carbons (Fsp3) is 0.333. The summed E-state index contributed by atoms with van der Waals surface area (Å²) in [4.78, 5) is 14.5. The lowest BCUT2D eigenvalue weighted by molar-refractivity contribution is 0.272. The predicted octanol–water partition coefficient (Wildman–Crippen LogP) is 6.42. The highest BCUT2D eigenvalue weighted by Crippen LogP contribution is 2.35. The van der Waals surface area contributed by atoms with Gasteiger partial charge in [-0.25, -0.2) is 9.97 Å². The van der Waals surface area contributed by atoms with Crippen LogP contribution in [0.15, 0.2) is 48.0 Å². The minimum absolute atomic E-state index is 0.738. The number of thiazole rings is 1. The summed E-state index contributed by atoms with van der Waals surface area (Å²) in [5.74, 6) is 0. The maximum Gasteiger partial charge on any atom is 0.133 e. The van der Waals surface area contributed by atoms with Crippen molar-refractivity contribution < 1.29 is 0 Å². The van der Waals surface area contributed by atoms with Gasteiger partial charge in [0.2, 0.25) is 0 Å². The molecule has 3 aromatic heterocycles. The van der Waals surface area contributed by atoms with Gasteiger partial charge in [-0.2, -0.15) is 0 Å². The molecule has 0 aliphatic carbocycles. The Hall–Kier alpha value is -2.08. The number of likely N-dealkylation sites (tertiary alicyclic amines) is 1. The normalized spacial score (nSPS) is 17.4. The number of benzene rings is 1. The van der Waals surface area contributed by atoms with Crippen molar-refractivity contribution in [1.29, 1.82) is 0 Å². The van der Waals surface area contributed by atoms with E-state index in [9.17, 15) is 0 Å². The van der Waals surface area contributed by atoms with E-state index in [1.54, 1.807) is 22.7 Å². The average molecular weight is 420 g/mol. The molecular formula is C24H25N3S2. The summed E-state index contributed by atoms with van der Waals surface area (Å²) in [6.45, 7) is 6.88. The van der Waals surface area contributed by atoms with Crippen LogP contribution < -0.4 is 0 Å². The van der Waals surface area contributed by atoms with Gasteiger partial charge in [0, 0.05) is 24.2 Å².